The molecule has 0 aromatic carbocycles. The predicted octanol–water partition coefficient (Wildman–Crippen LogP) is 12.1. The molecule has 1 atom stereocenters. The highest BCUT2D eigenvalue weighted by atomic mass is 16.5. The molecule has 1 N–H and O–H groups in total. The average Bonchev–Trinajstić information content (AvgIpc) is 3.11. The number of allylic oxidation sites excluding steroid dienone is 4. The summed E-state index contributed by atoms with van der Waals surface area (Å²) in [4.78, 5) is 26.6. The summed E-state index contributed by atoms with van der Waals surface area (Å²) < 4.78 is 11.0. The molecule has 0 heterocycles. The first-order valence-electron chi connectivity index (χ1n) is 21.5. The van der Waals surface area contributed by atoms with Crippen LogP contribution in [0.25, 0.3) is 0 Å². The number of ether oxygens (including phenoxy) is 2. The first-order chi connectivity index (χ1) is 24.5. The number of rotatable bonds is 39. The van der Waals surface area contributed by atoms with Gasteiger partial charge in [-0.25, -0.2) is 0 Å². The number of aliphatic hydroxyl groups excluding tert-OH is 1. The minimum absolute atomic E-state index is 0.0983. The van der Waals surface area contributed by atoms with Crippen LogP contribution in [0.2, 0.25) is 0 Å². The quantitative estimate of drug-likeness (QED) is 0.0390. The highest BCUT2D eigenvalue weighted by Gasteiger charge is 2.12. The van der Waals surface area contributed by atoms with Crippen molar-refractivity contribution in [1.82, 2.24) is 4.90 Å². The zero-order chi connectivity index (χ0) is 36.6. The van der Waals surface area contributed by atoms with Crippen molar-refractivity contribution in [1.29, 1.82) is 0 Å². The number of esters is 2. The van der Waals surface area contributed by atoms with E-state index in [-0.39, 0.29) is 24.5 Å². The second kappa shape index (κ2) is 40.1. The Labute approximate surface area is 310 Å². The molecule has 50 heavy (non-hydrogen) atoms. The van der Waals surface area contributed by atoms with Crippen molar-refractivity contribution in [2.45, 2.75) is 201 Å². The van der Waals surface area contributed by atoms with Gasteiger partial charge in [-0.1, -0.05) is 148 Å². The fourth-order valence-electron chi connectivity index (χ4n) is 6.19. The molecular weight excluding hydrogens is 622 g/mol. The summed E-state index contributed by atoms with van der Waals surface area (Å²) in [6.45, 7) is 9.10. The van der Waals surface area contributed by atoms with Gasteiger partial charge in [0.25, 0.3) is 0 Å². The van der Waals surface area contributed by atoms with Crippen molar-refractivity contribution in [3.8, 4) is 0 Å². The van der Waals surface area contributed by atoms with E-state index in [1.807, 2.05) is 6.92 Å². The fourth-order valence-corrected chi connectivity index (χ4v) is 6.19. The maximum Gasteiger partial charge on any atom is 0.305 e. The molecule has 0 spiro atoms. The van der Waals surface area contributed by atoms with E-state index in [2.05, 4.69) is 43.1 Å². The summed E-state index contributed by atoms with van der Waals surface area (Å²) in [5.74, 6) is -0.165. The van der Waals surface area contributed by atoms with Crippen molar-refractivity contribution in [2.24, 2.45) is 5.92 Å². The number of aliphatic hydroxyl groups is 1. The minimum atomic E-state index is -0.135. The van der Waals surface area contributed by atoms with Crippen LogP contribution in [0.15, 0.2) is 24.3 Å². The van der Waals surface area contributed by atoms with E-state index in [9.17, 15) is 14.7 Å². The first kappa shape index (κ1) is 48.3. The second-order valence-electron chi connectivity index (χ2n) is 14.7. The Kier molecular flexibility index (Phi) is 38.8. The molecule has 0 bridgehead atoms. The van der Waals surface area contributed by atoms with Crippen molar-refractivity contribution >= 4 is 11.9 Å². The van der Waals surface area contributed by atoms with Crippen molar-refractivity contribution in [2.75, 3.05) is 39.5 Å². The lowest BCUT2D eigenvalue weighted by atomic mass is 10.1. The zero-order valence-electron chi connectivity index (χ0n) is 33.5. The Hall–Kier alpha value is -1.66. The van der Waals surface area contributed by atoms with Crippen LogP contribution in [-0.2, 0) is 19.1 Å². The highest BCUT2D eigenvalue weighted by Crippen LogP contribution is 2.12. The Balaban J connectivity index is 3.82. The molecule has 0 radical (unpaired) electrons. The van der Waals surface area contributed by atoms with E-state index >= 15 is 0 Å². The molecule has 0 aliphatic heterocycles. The maximum absolute atomic E-state index is 12.3. The monoisotopic (exact) mass is 706 g/mol. The van der Waals surface area contributed by atoms with Gasteiger partial charge in [-0.05, 0) is 70.1 Å². The molecule has 0 amide bonds. The molecule has 0 saturated carbocycles. The molecule has 0 aromatic heterocycles. The lowest BCUT2D eigenvalue weighted by Gasteiger charge is -2.24. The van der Waals surface area contributed by atoms with Crippen molar-refractivity contribution < 1.29 is 24.2 Å². The third-order valence-corrected chi connectivity index (χ3v) is 9.51. The Morgan fingerprint density at radius 3 is 1.18 bits per heavy atom. The molecule has 0 aromatic rings. The Bertz CT molecular complexity index is 724. The van der Waals surface area contributed by atoms with Crippen LogP contribution >= 0.6 is 0 Å². The fraction of sp³-hybridized carbons (Fsp3) is 0.864. The predicted molar refractivity (Wildman–Crippen MR) is 214 cm³/mol. The van der Waals surface area contributed by atoms with Gasteiger partial charge in [0.15, 0.2) is 0 Å². The standard InChI is InChI=1S/C44H83NO5/c1-4-6-8-10-12-14-16-18-20-22-24-26-28-30-32-34-43(47)49-38-36-45(40-42(3)41-46)37-39-50-44(48)35-33-31-29-27-25-23-21-19-17-15-13-11-9-7-5-2/h18-21,42,46H,4-17,22-41H2,1-3H3/b20-18-,21-19-. The SMILES string of the molecule is CCCCCCCC/C=C\CCCCCCCC(=O)OCCN(CCOC(=O)CCCCCCC/C=C\CCCCCCCC)CC(C)CO. The average molecular weight is 706 g/mol. The largest absolute Gasteiger partial charge is 0.464 e. The number of carbonyl (C=O) groups excluding carboxylic acids is 2. The number of carbonyl (C=O) groups is 2. The van der Waals surface area contributed by atoms with Crippen LogP contribution in [0.4, 0.5) is 0 Å². The van der Waals surface area contributed by atoms with Crippen LogP contribution in [-0.4, -0.2) is 61.4 Å². The normalized spacial score (nSPS) is 12.4. The number of unbranched alkanes of at least 4 members (excludes halogenated alkanes) is 22. The van der Waals surface area contributed by atoms with E-state index < -0.39 is 0 Å². The molecule has 1 unspecified atom stereocenters. The smallest absolute Gasteiger partial charge is 0.305 e. The summed E-state index contributed by atoms with van der Waals surface area (Å²) in [6, 6.07) is 0. The third kappa shape index (κ3) is 37.6. The van der Waals surface area contributed by atoms with Gasteiger partial charge in [-0.2, -0.15) is 0 Å². The van der Waals surface area contributed by atoms with Crippen LogP contribution in [0, 0.1) is 5.92 Å². The van der Waals surface area contributed by atoms with E-state index in [1.165, 1.54) is 141 Å². The van der Waals surface area contributed by atoms with Gasteiger partial charge >= 0.3 is 11.9 Å². The van der Waals surface area contributed by atoms with Gasteiger partial charge in [0.2, 0.25) is 0 Å². The van der Waals surface area contributed by atoms with Gasteiger partial charge in [-0.15, -0.1) is 0 Å². The lowest BCUT2D eigenvalue weighted by Crippen LogP contribution is -2.36. The maximum atomic E-state index is 12.3. The van der Waals surface area contributed by atoms with Gasteiger partial charge < -0.3 is 14.6 Å². The lowest BCUT2D eigenvalue weighted by molar-refractivity contribution is -0.144. The molecule has 294 valence electrons. The van der Waals surface area contributed by atoms with E-state index in [4.69, 9.17) is 9.47 Å². The third-order valence-electron chi connectivity index (χ3n) is 9.51. The summed E-state index contributed by atoms with van der Waals surface area (Å²) in [6.07, 6.45) is 42.6. The summed E-state index contributed by atoms with van der Waals surface area (Å²) in [5, 5.41) is 9.53. The number of hydrogen-bond acceptors (Lipinski definition) is 6. The zero-order valence-corrected chi connectivity index (χ0v) is 33.5. The summed E-state index contributed by atoms with van der Waals surface area (Å²) in [5.41, 5.74) is 0. The van der Waals surface area contributed by atoms with Crippen molar-refractivity contribution in [3.05, 3.63) is 24.3 Å². The topological polar surface area (TPSA) is 76.1 Å². The molecule has 6 nitrogen and oxygen atoms in total. The van der Waals surface area contributed by atoms with E-state index in [1.54, 1.807) is 0 Å². The molecule has 0 aliphatic carbocycles. The van der Waals surface area contributed by atoms with Crippen LogP contribution in [0.1, 0.15) is 201 Å². The molecule has 0 saturated heterocycles. The second-order valence-corrected chi connectivity index (χ2v) is 14.7. The molecule has 0 rings (SSSR count). The Morgan fingerprint density at radius 1 is 0.520 bits per heavy atom. The first-order valence-corrected chi connectivity index (χ1v) is 21.5. The Morgan fingerprint density at radius 2 is 0.840 bits per heavy atom. The minimum Gasteiger partial charge on any atom is -0.464 e. The highest BCUT2D eigenvalue weighted by molar-refractivity contribution is 5.69. The van der Waals surface area contributed by atoms with Gasteiger partial charge in [0.05, 0.1) is 0 Å². The van der Waals surface area contributed by atoms with Gasteiger partial charge in [-0.3, -0.25) is 14.5 Å². The van der Waals surface area contributed by atoms with Crippen molar-refractivity contribution in [3.63, 3.8) is 0 Å². The van der Waals surface area contributed by atoms with E-state index in [0.29, 0.717) is 45.7 Å². The van der Waals surface area contributed by atoms with E-state index in [0.717, 1.165) is 25.7 Å². The van der Waals surface area contributed by atoms with Crippen LogP contribution < -0.4 is 0 Å². The molecule has 0 aliphatic rings. The molecule has 6 heteroatoms. The number of nitrogens with zero attached hydrogens (tertiary/aromatic N) is 1. The van der Waals surface area contributed by atoms with Gasteiger partial charge in [0, 0.05) is 39.1 Å². The molecule has 0 fully saturated rings. The summed E-state index contributed by atoms with van der Waals surface area (Å²) in [7, 11) is 0. The van der Waals surface area contributed by atoms with Gasteiger partial charge in [0.1, 0.15) is 13.2 Å². The summed E-state index contributed by atoms with van der Waals surface area (Å²) >= 11 is 0. The van der Waals surface area contributed by atoms with Crippen LogP contribution in [0.5, 0.6) is 0 Å². The molecular formula is C44H83NO5. The van der Waals surface area contributed by atoms with Crippen LogP contribution in [0.3, 0.4) is 0 Å². The number of hydrogen-bond donors (Lipinski definition) is 1.